The fraction of sp³-hybridized carbons (Fsp3) is 0.451. The molecule has 0 saturated heterocycles. The van der Waals surface area contributed by atoms with Crippen LogP contribution in [0.1, 0.15) is 55.9 Å². The van der Waals surface area contributed by atoms with Gasteiger partial charge in [-0.3, -0.25) is 19.6 Å². The average molecular weight is 995 g/mol. The Morgan fingerprint density at radius 1 is 0.551 bits per heavy atom. The molecule has 0 spiro atoms. The fourth-order valence-electron chi connectivity index (χ4n) is 6.57. The van der Waals surface area contributed by atoms with Crippen LogP contribution in [0.4, 0.5) is 5.69 Å². The minimum absolute atomic E-state index is 0.0408. The Morgan fingerprint density at radius 3 is 1.54 bits per heavy atom. The number of ether oxygens (including phenoxy) is 8. The van der Waals surface area contributed by atoms with Crippen molar-refractivity contribution in [1.82, 2.24) is 10.6 Å². The predicted octanol–water partition coefficient (Wildman–Crippen LogP) is 8.06. The molecule has 0 aliphatic carbocycles. The molecule has 4 rings (SSSR count). The summed E-state index contributed by atoms with van der Waals surface area (Å²) in [6, 6.07) is 26.5. The van der Waals surface area contributed by atoms with Crippen LogP contribution < -0.4 is 20.1 Å². The lowest BCUT2D eigenvalue weighted by Crippen LogP contribution is -2.29. The number of halogens is 2. The van der Waals surface area contributed by atoms with Crippen LogP contribution in [0.5, 0.6) is 11.5 Å². The highest BCUT2D eigenvalue weighted by Crippen LogP contribution is 2.29. The fourth-order valence-corrected chi connectivity index (χ4v) is 6.82. The summed E-state index contributed by atoms with van der Waals surface area (Å²) < 4.78 is 44.9. The number of carbonyl (C=O) groups is 2. The van der Waals surface area contributed by atoms with E-state index in [0.29, 0.717) is 137 Å². The minimum Gasteiger partial charge on any atom is -0.497 e. The van der Waals surface area contributed by atoms with Crippen LogP contribution in [0, 0.1) is 4.91 Å². The van der Waals surface area contributed by atoms with Crippen molar-refractivity contribution < 1.29 is 47.5 Å². The first kappa shape index (κ1) is 56.3. The highest BCUT2D eigenvalue weighted by Gasteiger charge is 2.18. The van der Waals surface area contributed by atoms with E-state index in [1.165, 1.54) is 7.11 Å². The molecule has 374 valence electrons. The van der Waals surface area contributed by atoms with Crippen molar-refractivity contribution in [2.75, 3.05) is 106 Å². The Balaban J connectivity index is 0.969. The third-order valence-electron chi connectivity index (χ3n) is 9.86. The quantitative estimate of drug-likeness (QED) is 0.0258. The highest BCUT2D eigenvalue weighted by molar-refractivity contribution is 6.31. The van der Waals surface area contributed by atoms with Crippen LogP contribution in [-0.2, 0) is 38.0 Å². The molecule has 4 aromatic rings. The molecule has 0 unspecified atom stereocenters. The second-order valence-electron chi connectivity index (χ2n) is 15.4. The monoisotopic (exact) mass is 993 g/mol. The second-order valence-corrected chi connectivity index (χ2v) is 16.3. The maximum Gasteiger partial charge on any atom is 0.222 e. The molecular weight excluding hydrogens is 929 g/mol. The molecule has 0 radical (unpaired) electrons. The van der Waals surface area contributed by atoms with Gasteiger partial charge in [0.1, 0.15) is 23.8 Å². The van der Waals surface area contributed by atoms with Crippen molar-refractivity contribution in [2.24, 2.45) is 15.2 Å². The summed E-state index contributed by atoms with van der Waals surface area (Å²) in [5.74, 6) is 0.995. The SMILES string of the molecule is CCNC(=O)C[C@@H](C)/N=C(/c1ccc(Cl)cc1)c1cccc(OCCOCCOCCOCCOCCOCCOCCNC(=O)C[C@@H](C)/N=C(/c2ccc(Cl)cc2)c2cc(OC)ccc2N=O)c1. The Morgan fingerprint density at radius 2 is 1.03 bits per heavy atom. The maximum atomic E-state index is 12.7. The number of carbonyl (C=O) groups excluding carboxylic acids is 2. The number of rotatable bonds is 35. The van der Waals surface area contributed by atoms with Gasteiger partial charge in [0.2, 0.25) is 11.8 Å². The van der Waals surface area contributed by atoms with Crippen LogP contribution in [0.2, 0.25) is 10.0 Å². The summed E-state index contributed by atoms with van der Waals surface area (Å²) in [5, 5.41) is 10.0. The molecule has 0 aromatic heterocycles. The van der Waals surface area contributed by atoms with Gasteiger partial charge in [-0.15, -0.1) is 4.91 Å². The van der Waals surface area contributed by atoms with E-state index in [1.807, 2.05) is 69.3 Å². The van der Waals surface area contributed by atoms with E-state index in [2.05, 4.69) is 15.8 Å². The molecule has 2 N–H and O–H groups in total. The van der Waals surface area contributed by atoms with Crippen LogP contribution in [0.3, 0.4) is 0 Å². The summed E-state index contributed by atoms with van der Waals surface area (Å²) in [7, 11) is 1.53. The second kappa shape index (κ2) is 33.3. The molecule has 16 nitrogen and oxygen atoms in total. The van der Waals surface area contributed by atoms with Crippen molar-refractivity contribution >= 4 is 52.1 Å². The first-order chi connectivity index (χ1) is 33.6. The summed E-state index contributed by atoms with van der Waals surface area (Å²) in [6.07, 6.45) is 0.403. The van der Waals surface area contributed by atoms with E-state index >= 15 is 0 Å². The zero-order valence-electron chi connectivity index (χ0n) is 39.9. The maximum absolute atomic E-state index is 12.7. The molecule has 2 atom stereocenters. The lowest BCUT2D eigenvalue weighted by molar-refractivity contribution is -0.122. The van der Waals surface area contributed by atoms with E-state index in [9.17, 15) is 14.5 Å². The van der Waals surface area contributed by atoms with E-state index in [0.717, 1.165) is 16.8 Å². The molecule has 0 aliphatic heterocycles. The summed E-state index contributed by atoms with van der Waals surface area (Å²) in [6.45, 7) is 11.8. The average Bonchev–Trinajstić information content (AvgIpc) is 3.34. The van der Waals surface area contributed by atoms with Crippen LogP contribution in [0.25, 0.3) is 0 Å². The zero-order valence-corrected chi connectivity index (χ0v) is 41.4. The van der Waals surface area contributed by atoms with Gasteiger partial charge < -0.3 is 48.5 Å². The van der Waals surface area contributed by atoms with Crippen molar-refractivity contribution in [3.63, 3.8) is 0 Å². The molecule has 2 amide bonds. The summed E-state index contributed by atoms with van der Waals surface area (Å²) >= 11 is 12.3. The van der Waals surface area contributed by atoms with E-state index < -0.39 is 6.04 Å². The van der Waals surface area contributed by atoms with E-state index in [4.69, 9.17) is 71.1 Å². The Labute approximate surface area is 415 Å². The van der Waals surface area contributed by atoms with Crippen LogP contribution >= 0.6 is 23.2 Å². The molecule has 4 aromatic carbocycles. The number of hydrogen-bond acceptors (Lipinski definition) is 14. The van der Waals surface area contributed by atoms with Crippen molar-refractivity contribution in [3.05, 3.63) is 128 Å². The number of benzene rings is 4. The first-order valence-corrected chi connectivity index (χ1v) is 23.8. The largest absolute Gasteiger partial charge is 0.497 e. The number of nitrogens with zero attached hydrogens (tertiary/aromatic N) is 3. The summed E-state index contributed by atoms with van der Waals surface area (Å²) in [5.41, 5.74) is 4.42. The van der Waals surface area contributed by atoms with Crippen molar-refractivity contribution in [1.29, 1.82) is 0 Å². The molecule has 18 heteroatoms. The minimum atomic E-state index is -0.417. The van der Waals surface area contributed by atoms with Gasteiger partial charge in [-0.2, -0.15) is 0 Å². The van der Waals surface area contributed by atoms with Gasteiger partial charge in [-0.25, -0.2) is 0 Å². The summed E-state index contributed by atoms with van der Waals surface area (Å²) in [4.78, 5) is 46.2. The number of hydrogen-bond donors (Lipinski definition) is 2. The third kappa shape index (κ3) is 22.3. The van der Waals surface area contributed by atoms with E-state index in [-0.39, 0.29) is 36.4 Å². The highest BCUT2D eigenvalue weighted by atomic mass is 35.5. The van der Waals surface area contributed by atoms with E-state index in [1.54, 1.807) is 42.5 Å². The molecule has 0 saturated carbocycles. The molecule has 69 heavy (non-hydrogen) atoms. The standard InChI is InChI=1S/C51H65Cl2N5O11/c1-5-54-48(59)33-37(2)56-50(39-9-13-42(52)14-10-39)41-7-6-8-45(35-41)69-32-31-68-30-29-67-28-27-66-26-25-65-24-23-64-22-21-63-20-19-55-49(60)34-38(3)57-51(40-11-15-43(53)16-12-40)46-36-44(62-4)17-18-47(46)58-61/h6-18,35-38H,5,19-34H2,1-4H3,(H,54,59)(H,55,60)/b56-50-,57-51-/t37-,38-/m1/s1. The topological polar surface area (TPSA) is 186 Å². The Kier molecular flexibility index (Phi) is 27.1. The molecule has 0 heterocycles. The van der Waals surface area contributed by atoms with Crippen LogP contribution in [-0.4, -0.2) is 141 Å². The molecule has 0 bridgehead atoms. The number of amides is 2. The van der Waals surface area contributed by atoms with Gasteiger partial charge in [-0.1, -0.05) is 59.6 Å². The molecule has 0 aliphatic rings. The van der Waals surface area contributed by atoms with Gasteiger partial charge in [0.25, 0.3) is 0 Å². The number of methoxy groups -OCH3 is 1. The Hall–Kier alpha value is -5.30. The van der Waals surface area contributed by atoms with Gasteiger partial charge in [0, 0.05) is 58.2 Å². The normalized spacial score (nSPS) is 12.6. The van der Waals surface area contributed by atoms with Crippen molar-refractivity contribution in [3.8, 4) is 11.5 Å². The van der Waals surface area contributed by atoms with Gasteiger partial charge in [0.15, 0.2) is 0 Å². The number of nitroso groups, excluding NO2 is 1. The van der Waals surface area contributed by atoms with Gasteiger partial charge >= 0.3 is 0 Å². The van der Waals surface area contributed by atoms with Crippen molar-refractivity contribution in [2.45, 2.75) is 45.7 Å². The predicted molar refractivity (Wildman–Crippen MR) is 269 cm³/mol. The van der Waals surface area contributed by atoms with Gasteiger partial charge in [0.05, 0.1) is 110 Å². The van der Waals surface area contributed by atoms with Gasteiger partial charge in [-0.05, 0) is 80.5 Å². The Bertz CT molecular complexity index is 2200. The smallest absolute Gasteiger partial charge is 0.222 e. The lowest BCUT2D eigenvalue weighted by atomic mass is 9.99. The number of nitrogens with one attached hydrogen (secondary N) is 2. The number of aliphatic imine (C=N–C) groups is 2. The molecular formula is C51H65Cl2N5O11. The lowest BCUT2D eigenvalue weighted by Gasteiger charge is -2.14. The first-order valence-electron chi connectivity index (χ1n) is 23.0. The van der Waals surface area contributed by atoms with Crippen LogP contribution in [0.15, 0.2) is 106 Å². The third-order valence-corrected chi connectivity index (χ3v) is 10.4. The molecule has 0 fully saturated rings. The zero-order chi connectivity index (χ0) is 49.5.